The minimum atomic E-state index is 0.307. The highest BCUT2D eigenvalue weighted by Gasteiger charge is 2.24. The van der Waals surface area contributed by atoms with E-state index in [-0.39, 0.29) is 0 Å². The quantitative estimate of drug-likeness (QED) is 0.779. The van der Waals surface area contributed by atoms with Crippen LogP contribution in [0.25, 0.3) is 0 Å². The van der Waals surface area contributed by atoms with Gasteiger partial charge in [0, 0.05) is 6.61 Å². The lowest BCUT2D eigenvalue weighted by molar-refractivity contribution is 0.181. The maximum absolute atomic E-state index is 9.42. The normalized spacial score (nSPS) is 22.9. The second kappa shape index (κ2) is 5.29. The summed E-state index contributed by atoms with van der Waals surface area (Å²) < 4.78 is 0. The SMILES string of the molecule is OC[C@@H](Cc1ccccc1)C1CCNC1. The summed E-state index contributed by atoms with van der Waals surface area (Å²) in [6.45, 7) is 2.48. The Morgan fingerprint density at radius 3 is 2.73 bits per heavy atom. The number of rotatable bonds is 4. The summed E-state index contributed by atoms with van der Waals surface area (Å²) in [5.74, 6) is 1.07. The fourth-order valence-electron chi connectivity index (χ4n) is 2.38. The Morgan fingerprint density at radius 2 is 2.13 bits per heavy atom. The summed E-state index contributed by atoms with van der Waals surface area (Å²) >= 11 is 0. The Morgan fingerprint density at radius 1 is 1.33 bits per heavy atom. The molecule has 15 heavy (non-hydrogen) atoms. The van der Waals surface area contributed by atoms with E-state index in [1.165, 1.54) is 12.0 Å². The Labute approximate surface area is 91.3 Å². The molecule has 0 amide bonds. The molecule has 2 nitrogen and oxygen atoms in total. The second-order valence-electron chi connectivity index (χ2n) is 4.39. The van der Waals surface area contributed by atoms with Gasteiger partial charge in [-0.25, -0.2) is 0 Å². The van der Waals surface area contributed by atoms with Gasteiger partial charge in [-0.2, -0.15) is 0 Å². The number of hydrogen-bond acceptors (Lipinski definition) is 2. The third-order valence-electron chi connectivity index (χ3n) is 3.34. The van der Waals surface area contributed by atoms with E-state index in [9.17, 15) is 5.11 Å². The molecule has 0 aromatic heterocycles. The van der Waals surface area contributed by atoms with Crippen molar-refractivity contribution in [3.63, 3.8) is 0 Å². The Hall–Kier alpha value is -0.860. The summed E-state index contributed by atoms with van der Waals surface area (Å²) in [5, 5.41) is 12.8. The maximum atomic E-state index is 9.42. The highest BCUT2D eigenvalue weighted by atomic mass is 16.3. The summed E-state index contributed by atoms with van der Waals surface area (Å²) in [7, 11) is 0. The molecule has 0 aliphatic carbocycles. The van der Waals surface area contributed by atoms with E-state index in [4.69, 9.17) is 0 Å². The fraction of sp³-hybridized carbons (Fsp3) is 0.538. The molecule has 1 aromatic carbocycles. The molecule has 0 spiro atoms. The van der Waals surface area contributed by atoms with Crippen LogP contribution in [0.3, 0.4) is 0 Å². The molecule has 1 fully saturated rings. The smallest absolute Gasteiger partial charge is 0.0465 e. The van der Waals surface area contributed by atoms with Gasteiger partial charge in [-0.1, -0.05) is 30.3 Å². The van der Waals surface area contributed by atoms with Crippen molar-refractivity contribution in [1.82, 2.24) is 5.32 Å². The molecule has 1 heterocycles. The first-order valence-electron chi connectivity index (χ1n) is 5.75. The summed E-state index contributed by atoms with van der Waals surface area (Å²) in [6, 6.07) is 10.5. The van der Waals surface area contributed by atoms with Gasteiger partial charge >= 0.3 is 0 Å². The molecular weight excluding hydrogens is 186 g/mol. The summed E-state index contributed by atoms with van der Waals surface area (Å²) in [6.07, 6.45) is 2.21. The first-order valence-corrected chi connectivity index (χ1v) is 5.75. The maximum Gasteiger partial charge on any atom is 0.0465 e. The van der Waals surface area contributed by atoms with Crippen molar-refractivity contribution in [1.29, 1.82) is 0 Å². The molecule has 2 heteroatoms. The number of aliphatic hydroxyl groups is 1. The molecule has 2 rings (SSSR count). The van der Waals surface area contributed by atoms with Crippen molar-refractivity contribution in [2.45, 2.75) is 12.8 Å². The van der Waals surface area contributed by atoms with Crippen molar-refractivity contribution >= 4 is 0 Å². The second-order valence-corrected chi connectivity index (χ2v) is 4.39. The van der Waals surface area contributed by atoms with Gasteiger partial charge in [0.15, 0.2) is 0 Å². The van der Waals surface area contributed by atoms with Crippen LogP contribution < -0.4 is 5.32 Å². The lowest BCUT2D eigenvalue weighted by Crippen LogP contribution is -2.23. The molecular formula is C13H19NO. The number of aliphatic hydroxyl groups excluding tert-OH is 1. The van der Waals surface area contributed by atoms with E-state index in [1.54, 1.807) is 0 Å². The lowest BCUT2D eigenvalue weighted by Gasteiger charge is -2.20. The van der Waals surface area contributed by atoms with E-state index in [0.717, 1.165) is 19.5 Å². The molecule has 2 N–H and O–H groups in total. The molecule has 1 aliphatic rings. The zero-order chi connectivity index (χ0) is 10.5. The molecule has 1 unspecified atom stereocenters. The Bertz CT molecular complexity index is 280. The highest BCUT2D eigenvalue weighted by molar-refractivity contribution is 5.15. The zero-order valence-corrected chi connectivity index (χ0v) is 9.02. The standard InChI is InChI=1S/C13H19NO/c15-10-13(12-6-7-14-9-12)8-11-4-2-1-3-5-11/h1-5,12-15H,6-10H2/t12?,13-/m1/s1. The summed E-state index contributed by atoms with van der Waals surface area (Å²) in [5.41, 5.74) is 1.34. The van der Waals surface area contributed by atoms with E-state index in [0.29, 0.717) is 18.4 Å². The van der Waals surface area contributed by atoms with Crippen LogP contribution in [0.15, 0.2) is 30.3 Å². The van der Waals surface area contributed by atoms with Crippen molar-refractivity contribution < 1.29 is 5.11 Å². The van der Waals surface area contributed by atoms with Gasteiger partial charge in [0.05, 0.1) is 0 Å². The predicted octanol–water partition coefficient (Wildman–Crippen LogP) is 1.45. The first-order chi connectivity index (χ1) is 7.40. The minimum Gasteiger partial charge on any atom is -0.396 e. The van der Waals surface area contributed by atoms with Gasteiger partial charge < -0.3 is 10.4 Å². The average molecular weight is 205 g/mol. The van der Waals surface area contributed by atoms with Gasteiger partial charge in [-0.15, -0.1) is 0 Å². The predicted molar refractivity (Wildman–Crippen MR) is 61.7 cm³/mol. The summed E-state index contributed by atoms with van der Waals surface area (Å²) in [4.78, 5) is 0. The van der Waals surface area contributed by atoms with Gasteiger partial charge in [-0.05, 0) is 43.3 Å². The van der Waals surface area contributed by atoms with E-state index in [1.807, 2.05) is 6.07 Å². The minimum absolute atomic E-state index is 0.307. The fourth-order valence-corrected chi connectivity index (χ4v) is 2.38. The lowest BCUT2D eigenvalue weighted by atomic mass is 9.87. The van der Waals surface area contributed by atoms with Gasteiger partial charge in [0.25, 0.3) is 0 Å². The third-order valence-corrected chi connectivity index (χ3v) is 3.34. The van der Waals surface area contributed by atoms with Gasteiger partial charge in [-0.3, -0.25) is 0 Å². The zero-order valence-electron chi connectivity index (χ0n) is 9.02. The van der Waals surface area contributed by atoms with Crippen molar-refractivity contribution in [2.24, 2.45) is 11.8 Å². The molecule has 0 bridgehead atoms. The third kappa shape index (κ3) is 2.80. The Balaban J connectivity index is 1.96. The molecule has 1 aromatic rings. The van der Waals surface area contributed by atoms with Gasteiger partial charge in [0.1, 0.15) is 0 Å². The van der Waals surface area contributed by atoms with E-state index < -0.39 is 0 Å². The molecule has 82 valence electrons. The van der Waals surface area contributed by atoms with Gasteiger partial charge in [0.2, 0.25) is 0 Å². The van der Waals surface area contributed by atoms with Crippen LogP contribution >= 0.6 is 0 Å². The Kier molecular flexibility index (Phi) is 3.75. The van der Waals surface area contributed by atoms with Crippen LogP contribution in [0.5, 0.6) is 0 Å². The van der Waals surface area contributed by atoms with Crippen LogP contribution in [0.4, 0.5) is 0 Å². The average Bonchev–Trinajstić information content (AvgIpc) is 2.81. The first kappa shape index (κ1) is 10.7. The van der Waals surface area contributed by atoms with Crippen molar-refractivity contribution in [3.8, 4) is 0 Å². The van der Waals surface area contributed by atoms with Crippen molar-refractivity contribution in [3.05, 3.63) is 35.9 Å². The van der Waals surface area contributed by atoms with E-state index in [2.05, 4.69) is 29.6 Å². The van der Waals surface area contributed by atoms with Crippen LogP contribution in [0.2, 0.25) is 0 Å². The van der Waals surface area contributed by atoms with Crippen LogP contribution in [0, 0.1) is 11.8 Å². The topological polar surface area (TPSA) is 32.3 Å². The molecule has 1 aliphatic heterocycles. The van der Waals surface area contributed by atoms with Crippen LogP contribution in [-0.2, 0) is 6.42 Å². The van der Waals surface area contributed by atoms with E-state index >= 15 is 0 Å². The van der Waals surface area contributed by atoms with Crippen molar-refractivity contribution in [2.75, 3.05) is 19.7 Å². The molecule has 0 radical (unpaired) electrons. The monoisotopic (exact) mass is 205 g/mol. The number of benzene rings is 1. The number of hydrogen-bond donors (Lipinski definition) is 2. The molecule has 1 saturated heterocycles. The van der Waals surface area contributed by atoms with Crippen LogP contribution in [0.1, 0.15) is 12.0 Å². The van der Waals surface area contributed by atoms with Crippen LogP contribution in [-0.4, -0.2) is 24.8 Å². The molecule has 0 saturated carbocycles. The largest absolute Gasteiger partial charge is 0.396 e. The molecule has 2 atom stereocenters. The number of nitrogens with one attached hydrogen (secondary N) is 1. The highest BCUT2D eigenvalue weighted by Crippen LogP contribution is 2.22.